The highest BCUT2D eigenvalue weighted by molar-refractivity contribution is 7.90. The van der Waals surface area contributed by atoms with Gasteiger partial charge in [0, 0.05) is 6.26 Å². The van der Waals surface area contributed by atoms with Crippen molar-refractivity contribution in [3.05, 3.63) is 65.7 Å². The van der Waals surface area contributed by atoms with Crippen molar-refractivity contribution >= 4 is 32.4 Å². The molecule has 0 spiro atoms. The van der Waals surface area contributed by atoms with Crippen molar-refractivity contribution in [2.75, 3.05) is 12.9 Å². The molecule has 8 nitrogen and oxygen atoms in total. The summed E-state index contributed by atoms with van der Waals surface area (Å²) in [5.41, 5.74) is 0.953. The number of benzene rings is 2. The number of aliphatic hydroxyl groups excluding tert-OH is 1. The Morgan fingerprint density at radius 3 is 2.57 bits per heavy atom. The van der Waals surface area contributed by atoms with Gasteiger partial charge in [-0.15, -0.1) is 0 Å². The minimum absolute atomic E-state index is 0.133. The summed E-state index contributed by atoms with van der Waals surface area (Å²) in [7, 11) is -3.64. The van der Waals surface area contributed by atoms with Crippen molar-refractivity contribution in [2.45, 2.75) is 4.90 Å². The molecule has 0 aliphatic rings. The van der Waals surface area contributed by atoms with Crippen LogP contribution in [0.25, 0.3) is 16.6 Å². The molecule has 0 amide bonds. The third-order valence-corrected chi connectivity index (χ3v) is 5.03. The van der Waals surface area contributed by atoms with Gasteiger partial charge in [0.2, 0.25) is 0 Å². The molecule has 0 atom stereocenters. The van der Waals surface area contributed by atoms with E-state index in [9.17, 15) is 23.6 Å². The molecule has 0 aliphatic carbocycles. The van der Waals surface area contributed by atoms with Crippen LogP contribution in [0.1, 0.15) is 16.2 Å². The monoisotopic (exact) mass is 397 g/mol. The van der Waals surface area contributed by atoms with Crippen LogP contribution in [0, 0.1) is 11.3 Å². The van der Waals surface area contributed by atoms with E-state index in [0.717, 1.165) is 6.26 Å². The number of nitriles is 1. The largest absolute Gasteiger partial charge is 0.507 e. The number of hydrogen-bond donors (Lipinski definition) is 2. The third-order valence-electron chi connectivity index (χ3n) is 3.87. The van der Waals surface area contributed by atoms with Crippen molar-refractivity contribution in [1.29, 1.82) is 5.26 Å². The highest BCUT2D eigenvalue weighted by Gasteiger charge is 2.20. The molecule has 3 rings (SSSR count). The average Bonchev–Trinajstić information content (AvgIpc) is 3.09. The number of nitrogens with one attached hydrogen (secondary N) is 1. The molecule has 2 aromatic carbocycles. The lowest BCUT2D eigenvalue weighted by Crippen LogP contribution is -2.13. The summed E-state index contributed by atoms with van der Waals surface area (Å²) in [5, 5.41) is 19.6. The Bertz CT molecular complexity index is 1200. The molecule has 1 heterocycles. The van der Waals surface area contributed by atoms with Crippen LogP contribution in [-0.4, -0.2) is 42.3 Å². The fourth-order valence-corrected chi connectivity index (χ4v) is 3.44. The average molecular weight is 397 g/mol. The number of aromatic amines is 1. The molecule has 0 saturated carbocycles. The van der Waals surface area contributed by atoms with E-state index in [4.69, 9.17) is 4.74 Å². The van der Waals surface area contributed by atoms with Crippen molar-refractivity contribution in [3.8, 4) is 6.07 Å². The first-order valence-corrected chi connectivity index (χ1v) is 9.94. The molecule has 142 valence electrons. The normalized spacial score (nSPS) is 12.3. The molecule has 2 N–H and O–H groups in total. The lowest BCUT2D eigenvalue weighted by molar-refractivity contribution is 0.0498. The zero-order valence-corrected chi connectivity index (χ0v) is 15.5. The SMILES string of the molecule is CS(=O)(=O)c1ccccc1C(=O)OC/C(O)=C(\C#N)c1nc2ccccc2[nH]1. The molecular formula is C19H15N3O5S. The maximum absolute atomic E-state index is 12.3. The van der Waals surface area contributed by atoms with Gasteiger partial charge < -0.3 is 14.8 Å². The number of para-hydroxylation sites is 2. The quantitative estimate of drug-likeness (QED) is 0.384. The highest BCUT2D eigenvalue weighted by Crippen LogP contribution is 2.20. The number of hydrogen-bond acceptors (Lipinski definition) is 7. The van der Waals surface area contributed by atoms with Gasteiger partial charge in [-0.05, 0) is 24.3 Å². The number of imidazole rings is 1. The Kier molecular flexibility index (Phi) is 5.15. The second-order valence-electron chi connectivity index (χ2n) is 5.88. The van der Waals surface area contributed by atoms with Gasteiger partial charge in [-0.1, -0.05) is 24.3 Å². The van der Waals surface area contributed by atoms with Crippen LogP contribution < -0.4 is 0 Å². The summed E-state index contributed by atoms with van der Waals surface area (Å²) in [6, 6.07) is 14.5. The standard InChI is InChI=1S/C19H15N3O5S/c1-28(25,26)17-9-5-2-6-12(17)19(24)27-11-16(23)13(10-20)18-21-14-7-3-4-8-15(14)22-18/h2-9,23H,11H2,1H3,(H,21,22)/b16-13-. The number of esters is 1. The van der Waals surface area contributed by atoms with Gasteiger partial charge in [-0.25, -0.2) is 18.2 Å². The first-order valence-electron chi connectivity index (χ1n) is 8.05. The van der Waals surface area contributed by atoms with E-state index < -0.39 is 28.2 Å². The molecule has 0 fully saturated rings. The highest BCUT2D eigenvalue weighted by atomic mass is 32.2. The molecule has 3 aromatic rings. The lowest BCUT2D eigenvalue weighted by Gasteiger charge is -2.08. The first kappa shape index (κ1) is 19.1. The zero-order valence-electron chi connectivity index (χ0n) is 14.7. The van der Waals surface area contributed by atoms with Gasteiger partial charge in [0.25, 0.3) is 0 Å². The first-order chi connectivity index (χ1) is 13.3. The fraction of sp³-hybridized carbons (Fsp3) is 0.105. The van der Waals surface area contributed by atoms with E-state index in [2.05, 4.69) is 9.97 Å². The fourth-order valence-electron chi connectivity index (χ4n) is 2.57. The number of aliphatic hydroxyl groups is 1. The summed E-state index contributed by atoms with van der Waals surface area (Å²) in [6.07, 6.45) is 0.978. The van der Waals surface area contributed by atoms with Crippen molar-refractivity contribution in [3.63, 3.8) is 0 Å². The number of allylic oxidation sites excluding steroid dienone is 1. The zero-order chi connectivity index (χ0) is 20.3. The van der Waals surface area contributed by atoms with E-state index in [-0.39, 0.29) is 21.9 Å². The van der Waals surface area contributed by atoms with E-state index in [1.54, 1.807) is 24.3 Å². The van der Waals surface area contributed by atoms with Crippen LogP contribution in [0.5, 0.6) is 0 Å². The predicted molar refractivity (Wildman–Crippen MR) is 101 cm³/mol. The molecule has 9 heteroatoms. The summed E-state index contributed by atoms with van der Waals surface area (Å²) < 4.78 is 28.6. The Morgan fingerprint density at radius 1 is 1.21 bits per heavy atom. The molecule has 0 unspecified atom stereocenters. The minimum atomic E-state index is -3.64. The number of carbonyl (C=O) groups excluding carboxylic acids is 1. The molecule has 0 aliphatic heterocycles. The maximum Gasteiger partial charge on any atom is 0.339 e. The lowest BCUT2D eigenvalue weighted by atomic mass is 10.2. The molecule has 0 bridgehead atoms. The maximum atomic E-state index is 12.3. The van der Waals surface area contributed by atoms with E-state index in [1.807, 2.05) is 6.07 Å². The molecule has 0 radical (unpaired) electrons. The molecule has 28 heavy (non-hydrogen) atoms. The van der Waals surface area contributed by atoms with Gasteiger partial charge >= 0.3 is 5.97 Å². The van der Waals surface area contributed by atoms with Gasteiger partial charge in [-0.3, -0.25) is 0 Å². The van der Waals surface area contributed by atoms with E-state index in [1.165, 1.54) is 24.3 Å². The van der Waals surface area contributed by atoms with Crippen molar-refractivity contribution in [2.24, 2.45) is 0 Å². The number of rotatable bonds is 5. The summed E-state index contributed by atoms with van der Waals surface area (Å²) in [4.78, 5) is 19.2. The molecular weight excluding hydrogens is 382 g/mol. The Balaban J connectivity index is 1.85. The number of aromatic nitrogens is 2. The topological polar surface area (TPSA) is 133 Å². The van der Waals surface area contributed by atoms with Crippen LogP contribution >= 0.6 is 0 Å². The number of fused-ring (bicyclic) bond motifs is 1. The van der Waals surface area contributed by atoms with E-state index in [0.29, 0.717) is 11.0 Å². The number of sulfone groups is 1. The summed E-state index contributed by atoms with van der Waals surface area (Å²) >= 11 is 0. The number of ether oxygens (including phenoxy) is 1. The Morgan fingerprint density at radius 2 is 1.89 bits per heavy atom. The number of nitrogens with zero attached hydrogens (tertiary/aromatic N) is 2. The van der Waals surface area contributed by atoms with Gasteiger partial charge in [-0.2, -0.15) is 5.26 Å². The van der Waals surface area contributed by atoms with Crippen LogP contribution in [0.2, 0.25) is 0 Å². The third kappa shape index (κ3) is 3.87. The summed E-state index contributed by atoms with van der Waals surface area (Å²) in [5.74, 6) is -1.31. The Hall–Kier alpha value is -3.64. The van der Waals surface area contributed by atoms with Crippen LogP contribution in [0.3, 0.4) is 0 Å². The van der Waals surface area contributed by atoms with Gasteiger partial charge in [0.15, 0.2) is 21.4 Å². The van der Waals surface area contributed by atoms with Crippen molar-refractivity contribution in [1.82, 2.24) is 9.97 Å². The summed E-state index contributed by atoms with van der Waals surface area (Å²) in [6.45, 7) is -0.614. The minimum Gasteiger partial charge on any atom is -0.507 e. The van der Waals surface area contributed by atoms with Gasteiger partial charge in [0.1, 0.15) is 18.2 Å². The molecule has 1 aromatic heterocycles. The second-order valence-corrected chi connectivity index (χ2v) is 7.86. The number of H-pyrrole nitrogens is 1. The smallest absolute Gasteiger partial charge is 0.339 e. The van der Waals surface area contributed by atoms with Crippen LogP contribution in [0.15, 0.2) is 59.2 Å². The van der Waals surface area contributed by atoms with E-state index >= 15 is 0 Å². The molecule has 0 saturated heterocycles. The second kappa shape index (κ2) is 7.54. The van der Waals surface area contributed by atoms with Gasteiger partial charge in [0.05, 0.1) is 21.5 Å². The number of carbonyl (C=O) groups is 1. The van der Waals surface area contributed by atoms with Crippen LogP contribution in [-0.2, 0) is 14.6 Å². The predicted octanol–water partition coefficient (Wildman–Crippen LogP) is 2.62. The van der Waals surface area contributed by atoms with Crippen molar-refractivity contribution < 1.29 is 23.1 Å². The Labute approximate surface area is 160 Å². The van der Waals surface area contributed by atoms with Crippen LogP contribution in [0.4, 0.5) is 0 Å².